The van der Waals surface area contributed by atoms with Gasteiger partial charge in [0.05, 0.1) is 16.1 Å². The van der Waals surface area contributed by atoms with Crippen molar-refractivity contribution in [3.8, 4) is 11.3 Å². The zero-order chi connectivity index (χ0) is 10.9. The number of nitrogens with zero attached hydrogens (tertiary/aromatic N) is 1. The van der Waals surface area contributed by atoms with Gasteiger partial charge in [0.15, 0.2) is 0 Å². The van der Waals surface area contributed by atoms with Crippen molar-refractivity contribution in [2.75, 3.05) is 0 Å². The topological polar surface area (TPSA) is 47.0 Å². The Hall–Kier alpha value is -1.27. The molecule has 1 aromatic heterocycles. The molecule has 0 aliphatic carbocycles. The standard InChI is InChI=1S/C9H6FNO2S2/c10-15(12,13)8-3-1-2-7(4-8)9-5-14-6-11-9/h1-6H. The van der Waals surface area contributed by atoms with Crippen molar-refractivity contribution in [3.05, 3.63) is 35.2 Å². The maximum atomic E-state index is 12.7. The number of rotatable bonds is 2. The Balaban J connectivity index is 2.53. The maximum Gasteiger partial charge on any atom is 0.332 e. The number of aromatic nitrogens is 1. The maximum absolute atomic E-state index is 12.7. The highest BCUT2D eigenvalue weighted by atomic mass is 32.3. The van der Waals surface area contributed by atoms with E-state index in [1.807, 2.05) is 0 Å². The Morgan fingerprint density at radius 2 is 2.13 bits per heavy atom. The molecule has 15 heavy (non-hydrogen) atoms. The van der Waals surface area contributed by atoms with Crippen molar-refractivity contribution >= 4 is 21.6 Å². The van der Waals surface area contributed by atoms with Gasteiger partial charge >= 0.3 is 10.2 Å². The van der Waals surface area contributed by atoms with Crippen LogP contribution in [-0.2, 0) is 10.2 Å². The van der Waals surface area contributed by atoms with Gasteiger partial charge in [-0.05, 0) is 12.1 Å². The summed E-state index contributed by atoms with van der Waals surface area (Å²) in [4.78, 5) is 3.67. The molecule has 0 radical (unpaired) electrons. The molecule has 0 saturated heterocycles. The van der Waals surface area contributed by atoms with E-state index in [1.54, 1.807) is 17.0 Å². The second-order valence-electron chi connectivity index (χ2n) is 2.84. The lowest BCUT2D eigenvalue weighted by atomic mass is 10.2. The normalized spacial score (nSPS) is 11.5. The highest BCUT2D eigenvalue weighted by Gasteiger charge is 2.12. The third kappa shape index (κ3) is 2.21. The number of hydrogen-bond acceptors (Lipinski definition) is 4. The van der Waals surface area contributed by atoms with Gasteiger partial charge in [0.25, 0.3) is 0 Å². The summed E-state index contributed by atoms with van der Waals surface area (Å²) in [6.07, 6.45) is 0. The Morgan fingerprint density at radius 1 is 1.33 bits per heavy atom. The van der Waals surface area contributed by atoms with E-state index in [2.05, 4.69) is 4.98 Å². The van der Waals surface area contributed by atoms with Gasteiger partial charge in [-0.15, -0.1) is 15.2 Å². The van der Waals surface area contributed by atoms with Crippen LogP contribution < -0.4 is 0 Å². The minimum absolute atomic E-state index is 0.340. The van der Waals surface area contributed by atoms with Gasteiger partial charge in [0.2, 0.25) is 0 Å². The van der Waals surface area contributed by atoms with Crippen LogP contribution in [0.4, 0.5) is 3.89 Å². The highest BCUT2D eigenvalue weighted by Crippen LogP contribution is 2.22. The van der Waals surface area contributed by atoms with Crippen molar-refractivity contribution in [2.45, 2.75) is 4.90 Å². The van der Waals surface area contributed by atoms with Crippen LogP contribution in [-0.4, -0.2) is 13.4 Å². The van der Waals surface area contributed by atoms with Gasteiger partial charge in [-0.1, -0.05) is 12.1 Å². The molecule has 1 aromatic carbocycles. The molecule has 0 aliphatic heterocycles. The molecule has 0 aliphatic rings. The SMILES string of the molecule is O=S(=O)(F)c1cccc(-c2cscn2)c1. The van der Waals surface area contributed by atoms with Crippen LogP contribution in [0.1, 0.15) is 0 Å². The molecule has 0 atom stereocenters. The van der Waals surface area contributed by atoms with E-state index in [0.29, 0.717) is 11.3 Å². The first-order valence-electron chi connectivity index (χ1n) is 4.01. The van der Waals surface area contributed by atoms with E-state index in [4.69, 9.17) is 0 Å². The molecule has 0 spiro atoms. The average molecular weight is 243 g/mol. The zero-order valence-electron chi connectivity index (χ0n) is 7.42. The summed E-state index contributed by atoms with van der Waals surface area (Å²) in [7, 11) is -4.64. The largest absolute Gasteiger partial charge is 0.332 e. The second kappa shape index (κ2) is 3.71. The molecular formula is C9H6FNO2S2. The van der Waals surface area contributed by atoms with Crippen molar-refractivity contribution in [1.29, 1.82) is 0 Å². The number of hydrogen-bond donors (Lipinski definition) is 0. The quantitative estimate of drug-likeness (QED) is 0.761. The molecule has 0 fully saturated rings. The van der Waals surface area contributed by atoms with Crippen LogP contribution in [0.2, 0.25) is 0 Å². The molecule has 3 nitrogen and oxygen atoms in total. The summed E-state index contributed by atoms with van der Waals surface area (Å²) in [6.45, 7) is 0. The summed E-state index contributed by atoms with van der Waals surface area (Å²) in [6, 6.07) is 5.65. The van der Waals surface area contributed by atoms with Crippen LogP contribution in [0.5, 0.6) is 0 Å². The van der Waals surface area contributed by atoms with Crippen LogP contribution in [0.25, 0.3) is 11.3 Å². The molecule has 0 N–H and O–H groups in total. The predicted octanol–water partition coefficient (Wildman–Crippen LogP) is 2.47. The van der Waals surface area contributed by atoms with E-state index >= 15 is 0 Å². The van der Waals surface area contributed by atoms with Crippen LogP contribution in [0.15, 0.2) is 40.1 Å². The summed E-state index contributed by atoms with van der Waals surface area (Å²) in [5.41, 5.74) is 2.87. The van der Waals surface area contributed by atoms with E-state index in [1.165, 1.54) is 29.5 Å². The van der Waals surface area contributed by atoms with Gasteiger partial charge in [0.1, 0.15) is 0 Å². The molecule has 0 amide bonds. The fraction of sp³-hybridized carbons (Fsp3) is 0. The minimum atomic E-state index is -4.64. The molecule has 0 unspecified atom stereocenters. The molecular weight excluding hydrogens is 237 g/mol. The summed E-state index contributed by atoms with van der Waals surface area (Å²) in [5.74, 6) is 0. The number of thiazole rings is 1. The Morgan fingerprint density at radius 3 is 2.73 bits per heavy atom. The zero-order valence-corrected chi connectivity index (χ0v) is 9.06. The van der Waals surface area contributed by atoms with Crippen molar-refractivity contribution in [3.63, 3.8) is 0 Å². The monoisotopic (exact) mass is 243 g/mol. The highest BCUT2D eigenvalue weighted by molar-refractivity contribution is 7.86. The Labute approximate surface area is 90.4 Å². The van der Waals surface area contributed by atoms with Crippen molar-refractivity contribution < 1.29 is 12.3 Å². The predicted molar refractivity (Wildman–Crippen MR) is 55.8 cm³/mol. The van der Waals surface area contributed by atoms with Gasteiger partial charge in [-0.3, -0.25) is 0 Å². The first kappa shape index (κ1) is 10.3. The smallest absolute Gasteiger partial charge is 0.245 e. The number of benzene rings is 1. The van der Waals surface area contributed by atoms with Gasteiger partial charge in [-0.25, -0.2) is 4.98 Å². The van der Waals surface area contributed by atoms with Gasteiger partial charge < -0.3 is 0 Å². The molecule has 1 heterocycles. The first-order valence-corrected chi connectivity index (χ1v) is 6.33. The lowest BCUT2D eigenvalue weighted by Crippen LogP contribution is -1.91. The van der Waals surface area contributed by atoms with Crippen LogP contribution >= 0.6 is 11.3 Å². The summed E-state index contributed by atoms with van der Waals surface area (Å²) >= 11 is 1.39. The first-order chi connectivity index (χ1) is 7.07. The van der Waals surface area contributed by atoms with Crippen molar-refractivity contribution in [1.82, 2.24) is 4.98 Å². The van der Waals surface area contributed by atoms with Gasteiger partial charge in [-0.2, -0.15) is 8.42 Å². The van der Waals surface area contributed by atoms with Crippen molar-refractivity contribution in [2.24, 2.45) is 0 Å². The van der Waals surface area contributed by atoms with Crippen LogP contribution in [0.3, 0.4) is 0 Å². The van der Waals surface area contributed by atoms with E-state index < -0.39 is 10.2 Å². The molecule has 0 bridgehead atoms. The lowest BCUT2D eigenvalue weighted by molar-refractivity contribution is 0.552. The van der Waals surface area contributed by atoms with E-state index in [0.717, 1.165) is 0 Å². The molecule has 2 aromatic rings. The van der Waals surface area contributed by atoms with E-state index in [9.17, 15) is 12.3 Å². The fourth-order valence-corrected chi connectivity index (χ4v) is 2.23. The van der Waals surface area contributed by atoms with Gasteiger partial charge in [0, 0.05) is 10.9 Å². The second-order valence-corrected chi connectivity index (χ2v) is 4.91. The average Bonchev–Trinajstić information content (AvgIpc) is 2.69. The fourth-order valence-electron chi connectivity index (χ4n) is 1.16. The summed E-state index contributed by atoms with van der Waals surface area (Å²) < 4.78 is 34.0. The molecule has 2 rings (SSSR count). The number of halogens is 1. The third-order valence-corrected chi connectivity index (χ3v) is 3.25. The molecule has 6 heteroatoms. The Kier molecular flexibility index (Phi) is 2.54. The summed E-state index contributed by atoms with van der Waals surface area (Å²) in [5, 5.41) is 1.77. The van der Waals surface area contributed by atoms with Crippen LogP contribution in [0, 0.1) is 0 Å². The third-order valence-electron chi connectivity index (χ3n) is 1.84. The molecule has 0 saturated carbocycles. The van der Waals surface area contributed by atoms with E-state index in [-0.39, 0.29) is 4.90 Å². The molecule has 78 valence electrons. The Bertz CT molecular complexity index is 564. The minimum Gasteiger partial charge on any atom is -0.245 e. The lowest BCUT2D eigenvalue weighted by Gasteiger charge is -1.98.